The van der Waals surface area contributed by atoms with Crippen molar-refractivity contribution in [3.63, 3.8) is 0 Å². The Morgan fingerprint density at radius 2 is 2.27 bits per heavy atom. The molecule has 2 atom stereocenters. The van der Waals surface area contributed by atoms with E-state index < -0.39 is 6.04 Å². The molecule has 26 heavy (non-hydrogen) atoms. The van der Waals surface area contributed by atoms with Crippen LogP contribution in [0.5, 0.6) is 0 Å². The number of hydrogen-bond acceptors (Lipinski definition) is 7. The van der Waals surface area contributed by atoms with Gasteiger partial charge in [0.2, 0.25) is 0 Å². The number of aryl methyl sites for hydroxylation is 1. The van der Waals surface area contributed by atoms with Crippen molar-refractivity contribution in [2.45, 2.75) is 26.0 Å². The number of amides is 1. The quantitative estimate of drug-likeness (QED) is 0.763. The van der Waals surface area contributed by atoms with Crippen molar-refractivity contribution in [1.82, 2.24) is 30.2 Å². The maximum atomic E-state index is 13.2. The maximum Gasteiger partial charge on any atom is 0.254 e. The van der Waals surface area contributed by atoms with Crippen LogP contribution < -0.4 is 0 Å². The van der Waals surface area contributed by atoms with Gasteiger partial charge in [-0.3, -0.25) is 9.89 Å². The van der Waals surface area contributed by atoms with E-state index in [4.69, 9.17) is 9.26 Å². The molecule has 0 aliphatic carbocycles. The van der Waals surface area contributed by atoms with Gasteiger partial charge in [-0.05, 0) is 26.0 Å². The zero-order chi connectivity index (χ0) is 18.1. The molecular weight excluding hydrogens is 336 g/mol. The van der Waals surface area contributed by atoms with Gasteiger partial charge in [-0.2, -0.15) is 10.1 Å². The molecule has 1 amide bonds. The third kappa shape index (κ3) is 2.97. The second-order valence-electron chi connectivity index (χ2n) is 6.11. The number of rotatable bonds is 3. The Hall–Kier alpha value is -3.07. The van der Waals surface area contributed by atoms with Crippen molar-refractivity contribution in [2.24, 2.45) is 0 Å². The summed E-state index contributed by atoms with van der Waals surface area (Å²) in [6.45, 7) is 4.54. The Balaban J connectivity index is 1.66. The lowest BCUT2D eigenvalue weighted by molar-refractivity contribution is -0.0600. The number of nitrogens with one attached hydrogen (secondary N) is 1. The first-order chi connectivity index (χ1) is 12.6. The normalized spacial score (nSPS) is 20.3. The van der Waals surface area contributed by atoms with Gasteiger partial charge in [-0.1, -0.05) is 17.3 Å². The fraction of sp³-hybridized carbons (Fsp3) is 0.353. The van der Waals surface area contributed by atoms with Crippen LogP contribution in [0.1, 0.15) is 35.0 Å². The molecule has 1 aromatic carbocycles. The van der Waals surface area contributed by atoms with Crippen LogP contribution in [-0.2, 0) is 4.74 Å². The van der Waals surface area contributed by atoms with Crippen LogP contribution in [0.25, 0.3) is 11.4 Å². The van der Waals surface area contributed by atoms with Crippen molar-refractivity contribution < 1.29 is 14.1 Å². The van der Waals surface area contributed by atoms with E-state index in [-0.39, 0.29) is 12.0 Å². The van der Waals surface area contributed by atoms with Crippen molar-refractivity contribution in [3.05, 3.63) is 47.9 Å². The average Bonchev–Trinajstić information content (AvgIpc) is 3.33. The van der Waals surface area contributed by atoms with Crippen LogP contribution >= 0.6 is 0 Å². The van der Waals surface area contributed by atoms with E-state index in [1.165, 1.54) is 6.33 Å². The molecule has 1 fully saturated rings. The summed E-state index contributed by atoms with van der Waals surface area (Å²) in [6, 6.07) is 6.84. The zero-order valence-corrected chi connectivity index (χ0v) is 14.4. The summed E-state index contributed by atoms with van der Waals surface area (Å²) in [6.07, 6.45) is 1.19. The fourth-order valence-corrected chi connectivity index (χ4v) is 3.13. The van der Waals surface area contributed by atoms with Gasteiger partial charge in [0.1, 0.15) is 12.4 Å². The van der Waals surface area contributed by atoms with Gasteiger partial charge in [-0.25, -0.2) is 4.98 Å². The first-order valence-corrected chi connectivity index (χ1v) is 8.32. The van der Waals surface area contributed by atoms with E-state index in [0.29, 0.717) is 36.3 Å². The molecule has 9 heteroatoms. The standard InChI is InChI=1S/C17H18N6O3/c1-10-14(16-20-11(2)22-26-16)23(6-7-25-10)17(24)13-5-3-4-12(8-13)15-18-9-19-21-15/h3-5,8-10,14H,6-7H2,1-2H3,(H,18,19,21)/t10-,14+/m1/s1. The average molecular weight is 354 g/mol. The lowest BCUT2D eigenvalue weighted by Crippen LogP contribution is -2.47. The molecule has 1 saturated heterocycles. The highest BCUT2D eigenvalue weighted by molar-refractivity contribution is 5.95. The number of hydrogen-bond donors (Lipinski definition) is 1. The summed E-state index contributed by atoms with van der Waals surface area (Å²) >= 11 is 0. The summed E-state index contributed by atoms with van der Waals surface area (Å²) in [4.78, 5) is 23.3. The number of benzene rings is 1. The summed E-state index contributed by atoms with van der Waals surface area (Å²) in [5, 5.41) is 10.5. The number of aromatic nitrogens is 5. The number of H-pyrrole nitrogens is 1. The second kappa shape index (κ2) is 6.68. The van der Waals surface area contributed by atoms with Gasteiger partial charge in [0.25, 0.3) is 11.8 Å². The lowest BCUT2D eigenvalue weighted by Gasteiger charge is -2.37. The Morgan fingerprint density at radius 3 is 3.00 bits per heavy atom. The van der Waals surface area contributed by atoms with E-state index in [0.717, 1.165) is 5.56 Å². The molecule has 1 aliphatic rings. The van der Waals surface area contributed by atoms with Crippen LogP contribution in [-0.4, -0.2) is 55.4 Å². The van der Waals surface area contributed by atoms with E-state index in [2.05, 4.69) is 25.3 Å². The highest BCUT2D eigenvalue weighted by atomic mass is 16.5. The third-order valence-electron chi connectivity index (χ3n) is 4.35. The van der Waals surface area contributed by atoms with Gasteiger partial charge >= 0.3 is 0 Å². The van der Waals surface area contributed by atoms with E-state index >= 15 is 0 Å². The van der Waals surface area contributed by atoms with Crippen molar-refractivity contribution in [2.75, 3.05) is 13.2 Å². The van der Waals surface area contributed by atoms with E-state index in [9.17, 15) is 4.79 Å². The predicted octanol–water partition coefficient (Wildman–Crippen LogP) is 1.77. The largest absolute Gasteiger partial charge is 0.374 e. The van der Waals surface area contributed by atoms with Crippen LogP contribution in [0.15, 0.2) is 35.1 Å². The number of carbonyl (C=O) groups is 1. The monoisotopic (exact) mass is 354 g/mol. The minimum absolute atomic E-state index is 0.123. The Bertz CT molecular complexity index is 907. The zero-order valence-electron chi connectivity index (χ0n) is 14.4. The van der Waals surface area contributed by atoms with Crippen molar-refractivity contribution in [3.8, 4) is 11.4 Å². The first-order valence-electron chi connectivity index (χ1n) is 8.32. The maximum absolute atomic E-state index is 13.2. The van der Waals surface area contributed by atoms with Gasteiger partial charge in [0.05, 0.1) is 12.7 Å². The molecule has 3 aromatic rings. The first kappa shape index (κ1) is 16.4. The minimum atomic E-state index is -0.425. The Labute approximate surface area is 149 Å². The molecule has 9 nitrogen and oxygen atoms in total. The molecule has 0 saturated carbocycles. The molecule has 2 aromatic heterocycles. The van der Waals surface area contributed by atoms with E-state index in [1.807, 2.05) is 19.1 Å². The summed E-state index contributed by atoms with van der Waals surface area (Å²) in [5.74, 6) is 1.40. The Kier molecular flexibility index (Phi) is 4.21. The number of morpholine rings is 1. The third-order valence-corrected chi connectivity index (χ3v) is 4.35. The van der Waals surface area contributed by atoms with Gasteiger partial charge in [-0.15, -0.1) is 0 Å². The molecule has 1 N–H and O–H groups in total. The molecule has 134 valence electrons. The van der Waals surface area contributed by atoms with Gasteiger partial charge < -0.3 is 14.2 Å². The summed E-state index contributed by atoms with van der Waals surface area (Å²) in [5.41, 5.74) is 1.34. The summed E-state index contributed by atoms with van der Waals surface area (Å²) < 4.78 is 11.0. The number of ether oxygens (including phenoxy) is 1. The van der Waals surface area contributed by atoms with Crippen LogP contribution in [0.2, 0.25) is 0 Å². The smallest absolute Gasteiger partial charge is 0.254 e. The SMILES string of the molecule is Cc1noc([C@@H]2[C@@H](C)OCCN2C(=O)c2cccc(-c3ncn[nH]3)c2)n1. The molecule has 0 radical (unpaired) electrons. The topological polar surface area (TPSA) is 110 Å². The second-order valence-corrected chi connectivity index (χ2v) is 6.11. The molecular formula is C17H18N6O3. The molecule has 0 unspecified atom stereocenters. The Morgan fingerprint density at radius 1 is 1.38 bits per heavy atom. The highest BCUT2D eigenvalue weighted by Crippen LogP contribution is 2.30. The molecule has 0 bridgehead atoms. The fourth-order valence-electron chi connectivity index (χ4n) is 3.13. The van der Waals surface area contributed by atoms with E-state index in [1.54, 1.807) is 24.0 Å². The number of nitrogens with zero attached hydrogens (tertiary/aromatic N) is 5. The molecule has 4 rings (SSSR count). The predicted molar refractivity (Wildman–Crippen MR) is 90.0 cm³/mol. The van der Waals surface area contributed by atoms with Crippen LogP contribution in [0, 0.1) is 6.92 Å². The molecule has 3 heterocycles. The van der Waals surface area contributed by atoms with Crippen LogP contribution in [0.4, 0.5) is 0 Å². The van der Waals surface area contributed by atoms with Crippen molar-refractivity contribution in [1.29, 1.82) is 0 Å². The van der Waals surface area contributed by atoms with Crippen molar-refractivity contribution >= 4 is 5.91 Å². The number of carbonyl (C=O) groups excluding carboxylic acids is 1. The molecule has 0 spiro atoms. The van der Waals surface area contributed by atoms with Gasteiger partial charge in [0.15, 0.2) is 11.6 Å². The number of aromatic amines is 1. The lowest BCUT2D eigenvalue weighted by atomic mass is 10.0. The highest BCUT2D eigenvalue weighted by Gasteiger charge is 2.38. The minimum Gasteiger partial charge on any atom is -0.374 e. The summed E-state index contributed by atoms with van der Waals surface area (Å²) in [7, 11) is 0. The molecule has 1 aliphatic heterocycles. The van der Waals surface area contributed by atoms with Crippen LogP contribution in [0.3, 0.4) is 0 Å². The van der Waals surface area contributed by atoms with Gasteiger partial charge in [0, 0.05) is 17.7 Å².